The molecule has 0 saturated carbocycles. The molecule has 17 heavy (non-hydrogen) atoms. The van der Waals surface area contributed by atoms with Crippen molar-refractivity contribution in [1.29, 1.82) is 0 Å². The van der Waals surface area contributed by atoms with Crippen molar-refractivity contribution in [2.45, 2.75) is 19.4 Å². The van der Waals surface area contributed by atoms with E-state index in [1.807, 2.05) is 18.2 Å². The molecule has 1 aromatic carbocycles. The van der Waals surface area contributed by atoms with Crippen LogP contribution < -0.4 is 0 Å². The molecule has 3 heteroatoms. The van der Waals surface area contributed by atoms with E-state index in [1.54, 1.807) is 25.1 Å². The SMILES string of the molecule is C=CC[C@](C)(C(=O)OC)[C@@H](O)c1ccccc1. The number of allylic oxidation sites excluding steroid dienone is 1. The number of carbonyl (C=O) groups is 1. The number of carbonyl (C=O) groups excluding carboxylic acids is 1. The maximum atomic E-state index is 11.8. The van der Waals surface area contributed by atoms with Gasteiger partial charge in [0.1, 0.15) is 0 Å². The van der Waals surface area contributed by atoms with Gasteiger partial charge in [0.05, 0.1) is 18.6 Å². The Morgan fingerprint density at radius 2 is 2.12 bits per heavy atom. The Labute approximate surface area is 102 Å². The fourth-order valence-corrected chi connectivity index (χ4v) is 1.84. The highest BCUT2D eigenvalue weighted by molar-refractivity contribution is 5.77. The molecule has 1 N–H and O–H groups in total. The van der Waals surface area contributed by atoms with Gasteiger partial charge in [0.15, 0.2) is 0 Å². The van der Waals surface area contributed by atoms with Crippen molar-refractivity contribution in [2.24, 2.45) is 5.41 Å². The van der Waals surface area contributed by atoms with E-state index < -0.39 is 17.5 Å². The maximum absolute atomic E-state index is 11.8. The van der Waals surface area contributed by atoms with Crippen LogP contribution in [0.4, 0.5) is 0 Å². The van der Waals surface area contributed by atoms with Crippen LogP contribution in [0.5, 0.6) is 0 Å². The number of aliphatic hydroxyl groups is 1. The molecule has 0 amide bonds. The lowest BCUT2D eigenvalue weighted by molar-refractivity contribution is -0.159. The van der Waals surface area contributed by atoms with Crippen LogP contribution in [-0.2, 0) is 9.53 Å². The predicted molar refractivity (Wildman–Crippen MR) is 66.3 cm³/mol. The first-order chi connectivity index (χ1) is 8.06. The molecule has 0 heterocycles. The van der Waals surface area contributed by atoms with Crippen molar-refractivity contribution in [2.75, 3.05) is 7.11 Å². The van der Waals surface area contributed by atoms with Gasteiger partial charge < -0.3 is 9.84 Å². The minimum Gasteiger partial charge on any atom is -0.469 e. The lowest BCUT2D eigenvalue weighted by Gasteiger charge is -2.31. The number of aliphatic hydroxyl groups excluding tert-OH is 1. The van der Waals surface area contributed by atoms with Crippen LogP contribution in [0.15, 0.2) is 43.0 Å². The normalized spacial score (nSPS) is 15.7. The van der Waals surface area contributed by atoms with Gasteiger partial charge in [-0.1, -0.05) is 36.4 Å². The molecule has 0 fully saturated rings. The number of methoxy groups -OCH3 is 1. The first-order valence-electron chi connectivity index (χ1n) is 5.48. The maximum Gasteiger partial charge on any atom is 0.314 e. The number of hydrogen-bond acceptors (Lipinski definition) is 3. The molecule has 0 unspecified atom stereocenters. The Morgan fingerprint density at radius 3 is 2.59 bits per heavy atom. The van der Waals surface area contributed by atoms with Crippen molar-refractivity contribution in [3.05, 3.63) is 48.6 Å². The third-order valence-electron chi connectivity index (χ3n) is 2.94. The summed E-state index contributed by atoms with van der Waals surface area (Å²) in [5.74, 6) is -0.436. The van der Waals surface area contributed by atoms with Gasteiger partial charge in [-0.15, -0.1) is 6.58 Å². The van der Waals surface area contributed by atoms with Gasteiger partial charge in [-0.25, -0.2) is 0 Å². The molecule has 0 saturated heterocycles. The molecular weight excluding hydrogens is 216 g/mol. The Hall–Kier alpha value is -1.61. The van der Waals surface area contributed by atoms with Crippen LogP contribution in [0.1, 0.15) is 25.0 Å². The van der Waals surface area contributed by atoms with E-state index in [2.05, 4.69) is 6.58 Å². The summed E-state index contributed by atoms with van der Waals surface area (Å²) in [6.07, 6.45) is 1.06. The first-order valence-corrected chi connectivity index (χ1v) is 5.48. The number of esters is 1. The zero-order chi connectivity index (χ0) is 12.9. The highest BCUT2D eigenvalue weighted by atomic mass is 16.5. The van der Waals surface area contributed by atoms with Crippen LogP contribution >= 0.6 is 0 Å². The Bertz CT molecular complexity index is 386. The van der Waals surface area contributed by atoms with Crippen LogP contribution in [0.2, 0.25) is 0 Å². The molecule has 0 spiro atoms. The Kier molecular flexibility index (Phi) is 4.46. The fourth-order valence-electron chi connectivity index (χ4n) is 1.84. The minimum absolute atomic E-state index is 0.357. The molecule has 1 aromatic rings. The number of rotatable bonds is 5. The summed E-state index contributed by atoms with van der Waals surface area (Å²) in [5, 5.41) is 10.3. The van der Waals surface area contributed by atoms with Gasteiger partial charge in [0.25, 0.3) is 0 Å². The summed E-state index contributed by atoms with van der Waals surface area (Å²) < 4.78 is 4.76. The molecule has 0 aliphatic heterocycles. The highest BCUT2D eigenvalue weighted by Gasteiger charge is 2.41. The van der Waals surface area contributed by atoms with E-state index in [4.69, 9.17) is 4.74 Å². The number of benzene rings is 1. The van der Waals surface area contributed by atoms with Gasteiger partial charge in [0, 0.05) is 0 Å². The quantitative estimate of drug-likeness (QED) is 0.629. The third-order valence-corrected chi connectivity index (χ3v) is 2.94. The number of hydrogen-bond donors (Lipinski definition) is 1. The van der Waals surface area contributed by atoms with Gasteiger partial charge in [-0.3, -0.25) is 4.79 Å². The van der Waals surface area contributed by atoms with Gasteiger partial charge in [-0.2, -0.15) is 0 Å². The smallest absolute Gasteiger partial charge is 0.314 e. The van der Waals surface area contributed by atoms with Crippen molar-refractivity contribution in [3.63, 3.8) is 0 Å². The van der Waals surface area contributed by atoms with Crippen LogP contribution in [0, 0.1) is 5.41 Å². The van der Waals surface area contributed by atoms with Crippen molar-refractivity contribution in [1.82, 2.24) is 0 Å². The Morgan fingerprint density at radius 1 is 1.53 bits per heavy atom. The molecule has 2 atom stereocenters. The van der Waals surface area contributed by atoms with E-state index in [0.29, 0.717) is 12.0 Å². The third kappa shape index (κ3) is 2.74. The molecule has 3 nitrogen and oxygen atoms in total. The summed E-state index contributed by atoms with van der Waals surface area (Å²) >= 11 is 0. The van der Waals surface area contributed by atoms with Crippen molar-refractivity contribution < 1.29 is 14.6 Å². The van der Waals surface area contributed by atoms with Crippen molar-refractivity contribution >= 4 is 5.97 Å². The van der Waals surface area contributed by atoms with Gasteiger partial charge >= 0.3 is 5.97 Å². The zero-order valence-corrected chi connectivity index (χ0v) is 10.2. The molecule has 0 aromatic heterocycles. The topological polar surface area (TPSA) is 46.5 Å². The summed E-state index contributed by atoms with van der Waals surface area (Å²) in [6.45, 7) is 5.30. The van der Waals surface area contributed by atoms with Gasteiger partial charge in [0.2, 0.25) is 0 Å². The molecule has 0 aliphatic rings. The van der Waals surface area contributed by atoms with Crippen LogP contribution in [-0.4, -0.2) is 18.2 Å². The molecular formula is C14H18O3. The van der Waals surface area contributed by atoms with E-state index in [1.165, 1.54) is 7.11 Å². The standard InChI is InChI=1S/C14H18O3/c1-4-10-14(2,13(16)17-3)12(15)11-8-6-5-7-9-11/h4-9,12,15H,1,10H2,2-3H3/t12-,14-/m0/s1. The number of ether oxygens (including phenoxy) is 1. The second kappa shape index (κ2) is 5.64. The summed E-state index contributed by atoms with van der Waals surface area (Å²) in [5.41, 5.74) is -0.306. The zero-order valence-electron chi connectivity index (χ0n) is 10.2. The minimum atomic E-state index is -1.00. The van der Waals surface area contributed by atoms with E-state index in [-0.39, 0.29) is 0 Å². The largest absolute Gasteiger partial charge is 0.469 e. The lowest BCUT2D eigenvalue weighted by Crippen LogP contribution is -2.35. The second-order valence-corrected chi connectivity index (χ2v) is 4.22. The summed E-state index contributed by atoms with van der Waals surface area (Å²) in [4.78, 5) is 11.8. The van der Waals surface area contributed by atoms with Gasteiger partial charge in [-0.05, 0) is 18.9 Å². The van der Waals surface area contributed by atoms with E-state index in [9.17, 15) is 9.90 Å². The monoisotopic (exact) mass is 234 g/mol. The molecule has 92 valence electrons. The van der Waals surface area contributed by atoms with Crippen LogP contribution in [0.3, 0.4) is 0 Å². The molecule has 0 radical (unpaired) electrons. The molecule has 0 bridgehead atoms. The summed E-state index contributed by atoms with van der Waals surface area (Å²) in [7, 11) is 1.32. The van der Waals surface area contributed by atoms with Crippen LogP contribution in [0.25, 0.3) is 0 Å². The first kappa shape index (κ1) is 13.5. The van der Waals surface area contributed by atoms with E-state index >= 15 is 0 Å². The molecule has 1 rings (SSSR count). The van der Waals surface area contributed by atoms with Crippen molar-refractivity contribution in [3.8, 4) is 0 Å². The predicted octanol–water partition coefficient (Wildman–Crippen LogP) is 2.48. The average molecular weight is 234 g/mol. The fraction of sp³-hybridized carbons (Fsp3) is 0.357. The highest BCUT2D eigenvalue weighted by Crippen LogP contribution is 2.38. The average Bonchev–Trinajstić information content (AvgIpc) is 2.38. The lowest BCUT2D eigenvalue weighted by atomic mass is 9.78. The molecule has 0 aliphatic carbocycles. The van der Waals surface area contributed by atoms with E-state index in [0.717, 1.165) is 0 Å². The second-order valence-electron chi connectivity index (χ2n) is 4.22. The summed E-state index contributed by atoms with van der Waals surface area (Å²) in [6, 6.07) is 9.08. The Balaban J connectivity index is 3.07.